The standard InChI is InChI=1S/C17H25NO2S/c1-12-7-5-6-8-14(12)21(19,20)18-15-11-13-9-10-17(15,4)16(13,2)3/h5-8,13,15,18H,9-11H2,1-4H3. The Morgan fingerprint density at radius 3 is 2.38 bits per heavy atom. The first kappa shape index (κ1) is 15.0. The van der Waals surface area contributed by atoms with Gasteiger partial charge in [0, 0.05) is 6.04 Å². The van der Waals surface area contributed by atoms with Crippen LogP contribution < -0.4 is 4.72 Å². The zero-order valence-corrected chi connectivity index (χ0v) is 14.1. The molecular formula is C17H25NO2S. The van der Waals surface area contributed by atoms with E-state index in [0.29, 0.717) is 10.8 Å². The molecule has 0 radical (unpaired) electrons. The zero-order valence-electron chi connectivity index (χ0n) is 13.3. The summed E-state index contributed by atoms with van der Waals surface area (Å²) in [6.07, 6.45) is 3.31. The molecule has 0 saturated heterocycles. The molecule has 3 unspecified atom stereocenters. The molecular weight excluding hydrogens is 282 g/mol. The molecule has 2 fully saturated rings. The number of hydrogen-bond acceptors (Lipinski definition) is 2. The quantitative estimate of drug-likeness (QED) is 0.929. The minimum absolute atomic E-state index is 0.0517. The molecule has 116 valence electrons. The molecule has 2 aliphatic rings. The number of hydrogen-bond donors (Lipinski definition) is 1. The summed E-state index contributed by atoms with van der Waals surface area (Å²) in [4.78, 5) is 0.411. The molecule has 4 heteroatoms. The van der Waals surface area contributed by atoms with Crippen molar-refractivity contribution in [3.8, 4) is 0 Å². The Kier molecular flexibility index (Phi) is 3.27. The van der Waals surface area contributed by atoms with Crippen molar-refractivity contribution in [1.29, 1.82) is 0 Å². The van der Waals surface area contributed by atoms with E-state index >= 15 is 0 Å². The van der Waals surface area contributed by atoms with E-state index in [-0.39, 0.29) is 16.9 Å². The van der Waals surface area contributed by atoms with Crippen LogP contribution in [0.15, 0.2) is 29.2 Å². The number of rotatable bonds is 3. The van der Waals surface area contributed by atoms with Gasteiger partial charge in [0.1, 0.15) is 0 Å². The topological polar surface area (TPSA) is 46.2 Å². The van der Waals surface area contributed by atoms with Crippen LogP contribution in [0.2, 0.25) is 0 Å². The fourth-order valence-corrected chi connectivity index (χ4v) is 6.10. The predicted molar refractivity (Wildman–Crippen MR) is 84.5 cm³/mol. The van der Waals surface area contributed by atoms with Crippen molar-refractivity contribution in [2.45, 2.75) is 57.9 Å². The molecule has 21 heavy (non-hydrogen) atoms. The van der Waals surface area contributed by atoms with E-state index in [2.05, 4.69) is 25.5 Å². The monoisotopic (exact) mass is 307 g/mol. The third kappa shape index (κ3) is 2.07. The molecule has 1 aromatic carbocycles. The van der Waals surface area contributed by atoms with Crippen LogP contribution in [-0.4, -0.2) is 14.5 Å². The maximum atomic E-state index is 12.7. The van der Waals surface area contributed by atoms with Gasteiger partial charge in [-0.3, -0.25) is 0 Å². The second kappa shape index (κ2) is 4.56. The summed E-state index contributed by atoms with van der Waals surface area (Å²) < 4.78 is 28.5. The van der Waals surface area contributed by atoms with Crippen molar-refractivity contribution in [2.24, 2.45) is 16.7 Å². The molecule has 2 saturated carbocycles. The van der Waals surface area contributed by atoms with E-state index < -0.39 is 10.0 Å². The van der Waals surface area contributed by atoms with Crippen LogP contribution in [-0.2, 0) is 10.0 Å². The van der Waals surface area contributed by atoms with Gasteiger partial charge in [0.15, 0.2) is 0 Å². The molecule has 2 aliphatic carbocycles. The van der Waals surface area contributed by atoms with Gasteiger partial charge in [-0.05, 0) is 54.6 Å². The lowest BCUT2D eigenvalue weighted by atomic mass is 9.69. The second-order valence-corrected chi connectivity index (χ2v) is 9.23. The molecule has 3 rings (SSSR count). The van der Waals surface area contributed by atoms with Gasteiger partial charge in [-0.2, -0.15) is 0 Å². The molecule has 1 aromatic rings. The highest BCUT2D eigenvalue weighted by molar-refractivity contribution is 7.89. The summed E-state index contributed by atoms with van der Waals surface area (Å²) in [6.45, 7) is 8.70. The Balaban J connectivity index is 1.90. The van der Waals surface area contributed by atoms with Crippen LogP contribution in [0.4, 0.5) is 0 Å². The predicted octanol–water partition coefficient (Wildman–Crippen LogP) is 3.49. The van der Waals surface area contributed by atoms with E-state index in [1.165, 1.54) is 6.42 Å². The molecule has 0 spiro atoms. The molecule has 2 bridgehead atoms. The number of nitrogens with one attached hydrogen (secondary N) is 1. The molecule has 3 nitrogen and oxygen atoms in total. The Morgan fingerprint density at radius 2 is 1.86 bits per heavy atom. The van der Waals surface area contributed by atoms with Crippen molar-refractivity contribution in [3.05, 3.63) is 29.8 Å². The Hall–Kier alpha value is -0.870. The highest BCUT2D eigenvalue weighted by Gasteiger charge is 2.61. The van der Waals surface area contributed by atoms with Gasteiger partial charge in [0.2, 0.25) is 10.0 Å². The molecule has 0 aromatic heterocycles. The third-order valence-electron chi connectivity index (χ3n) is 6.47. The number of fused-ring (bicyclic) bond motifs is 2. The van der Waals surface area contributed by atoms with Crippen LogP contribution in [0.25, 0.3) is 0 Å². The van der Waals surface area contributed by atoms with Crippen LogP contribution in [0.1, 0.15) is 45.6 Å². The van der Waals surface area contributed by atoms with Crippen molar-refractivity contribution in [3.63, 3.8) is 0 Å². The number of sulfonamides is 1. The Bertz CT molecular complexity index is 665. The minimum Gasteiger partial charge on any atom is -0.207 e. The van der Waals surface area contributed by atoms with Gasteiger partial charge in [0.05, 0.1) is 4.90 Å². The highest BCUT2D eigenvalue weighted by Crippen LogP contribution is 2.65. The fraction of sp³-hybridized carbons (Fsp3) is 0.647. The van der Waals surface area contributed by atoms with Gasteiger partial charge < -0.3 is 0 Å². The summed E-state index contributed by atoms with van der Waals surface area (Å²) in [5.41, 5.74) is 1.08. The zero-order chi connectivity index (χ0) is 15.5. The first-order valence-corrected chi connectivity index (χ1v) is 9.25. The van der Waals surface area contributed by atoms with Gasteiger partial charge in [-0.15, -0.1) is 0 Å². The average Bonchev–Trinajstić information content (AvgIpc) is 2.72. The first-order valence-electron chi connectivity index (χ1n) is 7.76. The van der Waals surface area contributed by atoms with Crippen LogP contribution in [0.5, 0.6) is 0 Å². The minimum atomic E-state index is -3.44. The van der Waals surface area contributed by atoms with Gasteiger partial charge in [0.25, 0.3) is 0 Å². The van der Waals surface area contributed by atoms with E-state index in [0.717, 1.165) is 18.4 Å². The summed E-state index contributed by atoms with van der Waals surface area (Å²) in [7, 11) is -3.44. The van der Waals surface area contributed by atoms with Crippen molar-refractivity contribution < 1.29 is 8.42 Å². The van der Waals surface area contributed by atoms with E-state index in [4.69, 9.17) is 0 Å². The summed E-state index contributed by atoms with van der Waals surface area (Å²) in [5.74, 6) is 0.632. The largest absolute Gasteiger partial charge is 0.241 e. The lowest BCUT2D eigenvalue weighted by molar-refractivity contribution is 0.130. The molecule has 0 aliphatic heterocycles. The molecule has 1 N–H and O–H groups in total. The Labute approximate surface area is 128 Å². The lowest BCUT2D eigenvalue weighted by Crippen LogP contribution is -2.46. The van der Waals surface area contributed by atoms with Crippen molar-refractivity contribution in [1.82, 2.24) is 4.72 Å². The van der Waals surface area contributed by atoms with Crippen LogP contribution in [0, 0.1) is 23.7 Å². The molecule has 0 heterocycles. The van der Waals surface area contributed by atoms with Crippen molar-refractivity contribution in [2.75, 3.05) is 0 Å². The van der Waals surface area contributed by atoms with Gasteiger partial charge in [-0.25, -0.2) is 13.1 Å². The molecule has 0 amide bonds. The summed E-state index contributed by atoms with van der Waals surface area (Å²) >= 11 is 0. The van der Waals surface area contributed by atoms with E-state index in [9.17, 15) is 8.42 Å². The molecule has 3 atom stereocenters. The van der Waals surface area contributed by atoms with E-state index in [1.807, 2.05) is 19.1 Å². The van der Waals surface area contributed by atoms with E-state index in [1.54, 1.807) is 12.1 Å². The smallest absolute Gasteiger partial charge is 0.207 e. The first-order chi connectivity index (χ1) is 9.68. The maximum Gasteiger partial charge on any atom is 0.241 e. The van der Waals surface area contributed by atoms with Crippen LogP contribution >= 0.6 is 0 Å². The number of benzene rings is 1. The normalized spacial score (nSPS) is 34.3. The fourth-order valence-electron chi connectivity index (χ4n) is 4.49. The summed E-state index contributed by atoms with van der Waals surface area (Å²) in [6, 6.07) is 7.25. The Morgan fingerprint density at radius 1 is 1.19 bits per heavy atom. The highest BCUT2D eigenvalue weighted by atomic mass is 32.2. The summed E-state index contributed by atoms with van der Waals surface area (Å²) in [5, 5.41) is 0. The SMILES string of the molecule is Cc1ccccc1S(=O)(=O)NC1CC2CCC1(C)C2(C)C. The van der Waals surface area contributed by atoms with Gasteiger partial charge in [-0.1, -0.05) is 39.0 Å². The lowest BCUT2D eigenvalue weighted by Gasteiger charge is -2.39. The average molecular weight is 307 g/mol. The maximum absolute atomic E-state index is 12.7. The van der Waals surface area contributed by atoms with Crippen LogP contribution in [0.3, 0.4) is 0 Å². The second-order valence-electron chi connectivity index (χ2n) is 7.55. The third-order valence-corrected chi connectivity index (χ3v) is 8.11. The van der Waals surface area contributed by atoms with Gasteiger partial charge >= 0.3 is 0 Å². The number of aryl methyl sites for hydroxylation is 1. The van der Waals surface area contributed by atoms with Crippen molar-refractivity contribution >= 4 is 10.0 Å².